The number of nitrogens with zero attached hydrogens (tertiary/aromatic N) is 2. The maximum Gasteiger partial charge on any atom is 0.417 e. The van der Waals surface area contributed by atoms with E-state index in [2.05, 4.69) is 20.9 Å². The molecule has 2 rings (SSSR count). The van der Waals surface area contributed by atoms with Crippen LogP contribution in [0.25, 0.3) is 11.0 Å². The predicted molar refractivity (Wildman–Crippen MR) is 67.3 cm³/mol. The molecule has 0 saturated heterocycles. The molecule has 0 spiro atoms. The molecule has 7 heteroatoms. The summed E-state index contributed by atoms with van der Waals surface area (Å²) in [4.78, 5) is 4.12. The van der Waals surface area contributed by atoms with Gasteiger partial charge in [0.25, 0.3) is 0 Å². The molecule has 0 aliphatic carbocycles. The lowest BCUT2D eigenvalue weighted by Gasteiger charge is -2.12. The van der Waals surface area contributed by atoms with Crippen molar-refractivity contribution < 1.29 is 13.2 Å². The van der Waals surface area contributed by atoms with Gasteiger partial charge in [-0.25, -0.2) is 4.98 Å². The van der Waals surface area contributed by atoms with Crippen LogP contribution in [0.3, 0.4) is 0 Å². The summed E-state index contributed by atoms with van der Waals surface area (Å²) in [5.41, 5.74) is 5.87. The third kappa shape index (κ3) is 1.86. The summed E-state index contributed by atoms with van der Waals surface area (Å²) < 4.78 is 40.1. The molecule has 0 aliphatic heterocycles. The predicted octanol–water partition coefficient (Wildman–Crippen LogP) is 3.73. The minimum atomic E-state index is -4.45. The third-order valence-electron chi connectivity index (χ3n) is 2.82. The highest BCUT2D eigenvalue weighted by atomic mass is 79.9. The van der Waals surface area contributed by atoms with Crippen LogP contribution < -0.4 is 5.73 Å². The minimum absolute atomic E-state index is 0.0716. The van der Waals surface area contributed by atoms with Crippen LogP contribution in [0, 0.1) is 6.92 Å². The van der Waals surface area contributed by atoms with E-state index >= 15 is 0 Å². The molecule has 0 fully saturated rings. The van der Waals surface area contributed by atoms with Crippen molar-refractivity contribution in [2.75, 3.05) is 5.73 Å². The van der Waals surface area contributed by atoms with Crippen LogP contribution in [0.4, 0.5) is 18.9 Å². The Labute approximate surface area is 110 Å². The monoisotopic (exact) mass is 321 g/mol. The van der Waals surface area contributed by atoms with Gasteiger partial charge >= 0.3 is 6.18 Å². The van der Waals surface area contributed by atoms with Crippen molar-refractivity contribution in [2.24, 2.45) is 0 Å². The standard InChI is InChI=1S/C11H11BrF3N3/c1-3-18-5(2)17-7-4-6(11(13,14)15)8(12)9(16)10(7)18/h4H,3,16H2,1-2H3. The molecule has 0 atom stereocenters. The Morgan fingerprint density at radius 2 is 2.06 bits per heavy atom. The maximum atomic E-state index is 12.8. The molecule has 0 unspecified atom stereocenters. The second-order valence-corrected chi connectivity index (χ2v) is 4.71. The first-order valence-electron chi connectivity index (χ1n) is 5.29. The van der Waals surface area contributed by atoms with Crippen molar-refractivity contribution in [2.45, 2.75) is 26.6 Å². The van der Waals surface area contributed by atoms with Gasteiger partial charge < -0.3 is 10.3 Å². The second kappa shape index (κ2) is 4.15. The van der Waals surface area contributed by atoms with Gasteiger partial charge in [0.1, 0.15) is 5.82 Å². The third-order valence-corrected chi connectivity index (χ3v) is 3.67. The van der Waals surface area contributed by atoms with Crippen LogP contribution in [-0.2, 0) is 12.7 Å². The molecule has 1 aromatic heterocycles. The van der Waals surface area contributed by atoms with Gasteiger partial charge in [-0.2, -0.15) is 13.2 Å². The van der Waals surface area contributed by atoms with Crippen molar-refractivity contribution in [3.8, 4) is 0 Å². The summed E-state index contributed by atoms with van der Waals surface area (Å²) >= 11 is 2.92. The Morgan fingerprint density at radius 1 is 1.44 bits per heavy atom. The van der Waals surface area contributed by atoms with Gasteiger partial charge in [0.05, 0.1) is 26.8 Å². The zero-order valence-corrected chi connectivity index (χ0v) is 11.4. The molecule has 0 amide bonds. The lowest BCUT2D eigenvalue weighted by Crippen LogP contribution is -2.08. The number of nitrogens with two attached hydrogens (primary N) is 1. The number of halogens is 4. The summed E-state index contributed by atoms with van der Waals surface area (Å²) in [6.45, 7) is 4.23. The van der Waals surface area contributed by atoms with Gasteiger partial charge in [0.2, 0.25) is 0 Å². The van der Waals surface area contributed by atoms with Gasteiger partial charge in [-0.1, -0.05) is 0 Å². The molecule has 0 radical (unpaired) electrons. The van der Waals surface area contributed by atoms with E-state index in [9.17, 15) is 13.2 Å². The number of anilines is 1. The molecule has 0 saturated carbocycles. The lowest BCUT2D eigenvalue weighted by molar-refractivity contribution is -0.138. The fourth-order valence-electron chi connectivity index (χ4n) is 2.01. The first-order chi connectivity index (χ1) is 8.27. The maximum absolute atomic E-state index is 12.8. The molecule has 0 aliphatic rings. The van der Waals surface area contributed by atoms with Crippen molar-refractivity contribution in [3.63, 3.8) is 0 Å². The highest BCUT2D eigenvalue weighted by Crippen LogP contribution is 2.41. The summed E-state index contributed by atoms with van der Waals surface area (Å²) in [6.07, 6.45) is -4.45. The van der Waals surface area contributed by atoms with Gasteiger partial charge in [-0.15, -0.1) is 0 Å². The quantitative estimate of drug-likeness (QED) is 0.813. The molecule has 0 bridgehead atoms. The van der Waals surface area contributed by atoms with Gasteiger partial charge in [0, 0.05) is 6.54 Å². The highest BCUT2D eigenvalue weighted by molar-refractivity contribution is 9.10. The number of nitrogen functional groups attached to an aromatic ring is 1. The number of rotatable bonds is 1. The van der Waals surface area contributed by atoms with Crippen molar-refractivity contribution in [1.29, 1.82) is 0 Å². The van der Waals surface area contributed by atoms with Crippen LogP contribution in [-0.4, -0.2) is 9.55 Å². The number of alkyl halides is 3. The Balaban J connectivity index is 2.88. The highest BCUT2D eigenvalue weighted by Gasteiger charge is 2.35. The lowest BCUT2D eigenvalue weighted by atomic mass is 10.1. The molecule has 1 aromatic carbocycles. The molecule has 1 heterocycles. The Morgan fingerprint density at radius 3 is 2.56 bits per heavy atom. The van der Waals surface area contributed by atoms with Gasteiger partial charge in [0.15, 0.2) is 0 Å². The Kier molecular flexibility index (Phi) is 3.04. The molecule has 3 nitrogen and oxygen atoms in total. The topological polar surface area (TPSA) is 43.8 Å². The molecule has 2 N–H and O–H groups in total. The fraction of sp³-hybridized carbons (Fsp3) is 0.364. The first kappa shape index (κ1) is 13.2. The van der Waals surface area contributed by atoms with Crippen LogP contribution in [0.15, 0.2) is 10.5 Å². The molecule has 98 valence electrons. The number of aromatic nitrogens is 2. The average molecular weight is 322 g/mol. The van der Waals surface area contributed by atoms with E-state index in [1.807, 2.05) is 6.92 Å². The van der Waals surface area contributed by atoms with E-state index in [1.54, 1.807) is 11.5 Å². The molecule has 2 aromatic rings. The molecular weight excluding hydrogens is 311 g/mol. The van der Waals surface area contributed by atoms with E-state index in [-0.39, 0.29) is 15.7 Å². The summed E-state index contributed by atoms with van der Waals surface area (Å²) in [6, 6.07) is 1.02. The molecular formula is C11H11BrF3N3. The van der Waals surface area contributed by atoms with Crippen LogP contribution in [0.2, 0.25) is 0 Å². The van der Waals surface area contributed by atoms with Crippen molar-refractivity contribution in [1.82, 2.24) is 9.55 Å². The van der Waals surface area contributed by atoms with E-state index in [1.165, 1.54) is 0 Å². The number of hydrogen-bond donors (Lipinski definition) is 1. The normalized spacial score (nSPS) is 12.3. The van der Waals surface area contributed by atoms with E-state index in [4.69, 9.17) is 5.73 Å². The number of fused-ring (bicyclic) bond motifs is 1. The first-order valence-corrected chi connectivity index (χ1v) is 6.08. The van der Waals surface area contributed by atoms with E-state index < -0.39 is 11.7 Å². The fourth-order valence-corrected chi connectivity index (χ4v) is 2.54. The minimum Gasteiger partial charge on any atom is -0.396 e. The SMILES string of the molecule is CCn1c(C)nc2cc(C(F)(F)F)c(Br)c(N)c21. The van der Waals surface area contributed by atoms with E-state index in [0.29, 0.717) is 17.9 Å². The average Bonchev–Trinajstić information content (AvgIpc) is 2.58. The van der Waals surface area contributed by atoms with Crippen molar-refractivity contribution in [3.05, 3.63) is 21.9 Å². The number of benzene rings is 1. The van der Waals surface area contributed by atoms with Crippen LogP contribution >= 0.6 is 15.9 Å². The Bertz CT molecular complexity index is 616. The van der Waals surface area contributed by atoms with Crippen LogP contribution in [0.5, 0.6) is 0 Å². The summed E-state index contributed by atoms with van der Waals surface area (Å²) in [5.74, 6) is 0.644. The largest absolute Gasteiger partial charge is 0.417 e. The van der Waals surface area contributed by atoms with Crippen LogP contribution in [0.1, 0.15) is 18.3 Å². The zero-order chi connectivity index (χ0) is 13.7. The number of aryl methyl sites for hydroxylation is 2. The van der Waals surface area contributed by atoms with Crippen molar-refractivity contribution >= 4 is 32.7 Å². The summed E-state index contributed by atoms with van der Waals surface area (Å²) in [7, 11) is 0. The van der Waals surface area contributed by atoms with Gasteiger partial charge in [-0.05, 0) is 35.8 Å². The Hall–Kier alpha value is -1.24. The zero-order valence-electron chi connectivity index (χ0n) is 9.77. The number of imidazole rings is 1. The second-order valence-electron chi connectivity index (χ2n) is 3.92. The summed E-state index contributed by atoms with van der Waals surface area (Å²) in [5, 5.41) is 0. The smallest absolute Gasteiger partial charge is 0.396 e. The van der Waals surface area contributed by atoms with E-state index in [0.717, 1.165) is 6.07 Å². The molecule has 18 heavy (non-hydrogen) atoms. The number of hydrogen-bond acceptors (Lipinski definition) is 2. The van der Waals surface area contributed by atoms with Gasteiger partial charge in [-0.3, -0.25) is 0 Å².